The van der Waals surface area contributed by atoms with Crippen LogP contribution in [0.1, 0.15) is 48.2 Å². The van der Waals surface area contributed by atoms with Crippen LogP contribution >= 0.6 is 0 Å². The number of rotatable bonds is 8. The second kappa shape index (κ2) is 13.4. The number of halogens is 3. The Morgan fingerprint density at radius 3 is 2.13 bits per heavy atom. The number of alkyl halides is 3. The maximum absolute atomic E-state index is 13.2. The molecule has 2 saturated heterocycles. The van der Waals surface area contributed by atoms with E-state index >= 15 is 0 Å². The molecule has 10 heteroatoms. The van der Waals surface area contributed by atoms with Crippen molar-refractivity contribution in [3.63, 3.8) is 0 Å². The molecule has 2 fully saturated rings. The quantitative estimate of drug-likeness (QED) is 0.200. The van der Waals surface area contributed by atoms with E-state index in [1.54, 1.807) is 12.3 Å². The van der Waals surface area contributed by atoms with Crippen LogP contribution in [0, 0.1) is 13.8 Å². The number of aromatic nitrogens is 3. The van der Waals surface area contributed by atoms with E-state index in [0.29, 0.717) is 29.8 Å². The van der Waals surface area contributed by atoms with E-state index < -0.39 is 11.7 Å². The summed E-state index contributed by atoms with van der Waals surface area (Å²) in [6.07, 6.45) is 1.80. The van der Waals surface area contributed by atoms with Crippen molar-refractivity contribution >= 4 is 17.3 Å². The summed E-state index contributed by atoms with van der Waals surface area (Å²) in [6.45, 7) is 8.98. The van der Waals surface area contributed by atoms with Crippen LogP contribution in [0.3, 0.4) is 0 Å². The average Bonchev–Trinajstić information content (AvgIpc) is 3.05. The van der Waals surface area contributed by atoms with Gasteiger partial charge in [-0.2, -0.15) is 13.2 Å². The molecule has 0 spiro atoms. The van der Waals surface area contributed by atoms with Gasteiger partial charge in [0.05, 0.1) is 37.4 Å². The van der Waals surface area contributed by atoms with E-state index in [1.165, 1.54) is 25.0 Å². The zero-order valence-corrected chi connectivity index (χ0v) is 26.8. The fourth-order valence-electron chi connectivity index (χ4n) is 7.06. The van der Waals surface area contributed by atoms with Gasteiger partial charge in [0.1, 0.15) is 0 Å². The molecule has 0 bridgehead atoms. The zero-order chi connectivity index (χ0) is 32.3. The third-order valence-corrected chi connectivity index (χ3v) is 9.66. The highest BCUT2D eigenvalue weighted by atomic mass is 19.4. The Kier molecular flexibility index (Phi) is 9.29. The molecule has 0 amide bonds. The third-order valence-electron chi connectivity index (χ3n) is 9.66. The van der Waals surface area contributed by atoms with Gasteiger partial charge in [-0.05, 0) is 61.9 Å². The zero-order valence-electron chi connectivity index (χ0n) is 26.8. The second-order valence-corrected chi connectivity index (χ2v) is 13.0. The van der Waals surface area contributed by atoms with Crippen LogP contribution in [0.5, 0.6) is 0 Å². The topological polar surface area (TPSA) is 66.0 Å². The SMILES string of the molecule is Cc1cc(Nc2ccc(CN(c3nccc(-c4ccc(C(F)(F)F)cc4)n3)C3CC[N+](C)(C4CCNCC4)CC3)cc2)cc(C)n1. The molecule has 6 rings (SSSR count). The molecule has 242 valence electrons. The summed E-state index contributed by atoms with van der Waals surface area (Å²) in [5, 5.41) is 6.99. The Balaban J connectivity index is 1.24. The first-order chi connectivity index (χ1) is 22.1. The average molecular weight is 631 g/mol. The number of likely N-dealkylation sites (tertiary alicyclic amines) is 1. The Labute approximate surface area is 269 Å². The third kappa shape index (κ3) is 7.50. The van der Waals surface area contributed by atoms with E-state index in [4.69, 9.17) is 9.97 Å². The fraction of sp³-hybridized carbons (Fsp3) is 0.417. The lowest BCUT2D eigenvalue weighted by Gasteiger charge is -2.49. The number of anilines is 3. The second-order valence-electron chi connectivity index (χ2n) is 13.0. The van der Waals surface area contributed by atoms with Gasteiger partial charge in [0.15, 0.2) is 0 Å². The van der Waals surface area contributed by atoms with E-state index in [0.717, 1.165) is 84.0 Å². The van der Waals surface area contributed by atoms with E-state index in [-0.39, 0.29) is 6.04 Å². The first-order valence-electron chi connectivity index (χ1n) is 16.2. The molecular formula is C36H43F3N7+. The van der Waals surface area contributed by atoms with Crippen molar-refractivity contribution in [1.82, 2.24) is 20.3 Å². The minimum atomic E-state index is -4.38. The summed E-state index contributed by atoms with van der Waals surface area (Å²) in [6, 6.07) is 20.4. The smallest absolute Gasteiger partial charge is 0.355 e. The molecule has 2 aromatic heterocycles. The Bertz CT molecular complexity index is 1590. The van der Waals surface area contributed by atoms with Gasteiger partial charge in [-0.3, -0.25) is 4.98 Å². The highest BCUT2D eigenvalue weighted by Crippen LogP contribution is 2.33. The van der Waals surface area contributed by atoms with Crippen LogP contribution in [0.25, 0.3) is 11.3 Å². The van der Waals surface area contributed by atoms with Gasteiger partial charge in [-0.25, -0.2) is 9.97 Å². The van der Waals surface area contributed by atoms with Gasteiger partial charge >= 0.3 is 6.18 Å². The van der Waals surface area contributed by atoms with E-state index in [2.05, 4.69) is 51.8 Å². The van der Waals surface area contributed by atoms with Crippen molar-refractivity contribution in [2.24, 2.45) is 0 Å². The predicted molar refractivity (Wildman–Crippen MR) is 177 cm³/mol. The van der Waals surface area contributed by atoms with Gasteiger partial charge in [0.2, 0.25) is 5.95 Å². The predicted octanol–water partition coefficient (Wildman–Crippen LogP) is 7.29. The van der Waals surface area contributed by atoms with Gasteiger partial charge in [0, 0.05) is 85.9 Å². The van der Waals surface area contributed by atoms with Crippen molar-refractivity contribution < 1.29 is 17.7 Å². The van der Waals surface area contributed by atoms with Crippen molar-refractivity contribution in [1.29, 1.82) is 0 Å². The number of nitrogens with zero attached hydrogens (tertiary/aromatic N) is 5. The molecule has 0 radical (unpaired) electrons. The van der Waals surface area contributed by atoms with E-state index in [1.807, 2.05) is 26.0 Å². The first-order valence-corrected chi connectivity index (χ1v) is 16.2. The summed E-state index contributed by atoms with van der Waals surface area (Å²) in [7, 11) is 2.41. The number of hydrogen-bond acceptors (Lipinski definition) is 6. The maximum Gasteiger partial charge on any atom is 0.416 e. The highest BCUT2D eigenvalue weighted by Gasteiger charge is 2.39. The molecule has 0 aliphatic carbocycles. The summed E-state index contributed by atoms with van der Waals surface area (Å²) >= 11 is 0. The molecule has 4 aromatic rings. The molecule has 4 heterocycles. The Hall–Kier alpha value is -4.02. The molecule has 0 unspecified atom stereocenters. The van der Waals surface area contributed by atoms with Crippen LogP contribution in [-0.4, -0.2) is 64.7 Å². The molecule has 7 nitrogen and oxygen atoms in total. The van der Waals surface area contributed by atoms with Gasteiger partial charge in [-0.15, -0.1) is 0 Å². The number of benzene rings is 2. The highest BCUT2D eigenvalue weighted by molar-refractivity contribution is 5.62. The van der Waals surface area contributed by atoms with Gasteiger partial charge < -0.3 is 20.0 Å². The fourth-order valence-corrected chi connectivity index (χ4v) is 7.06. The lowest BCUT2D eigenvalue weighted by atomic mass is 9.94. The van der Waals surface area contributed by atoms with E-state index in [9.17, 15) is 13.2 Å². The van der Waals surface area contributed by atoms with Gasteiger partial charge in [-0.1, -0.05) is 24.3 Å². The van der Waals surface area contributed by atoms with Crippen molar-refractivity contribution in [2.75, 3.05) is 43.4 Å². The molecule has 46 heavy (non-hydrogen) atoms. The van der Waals surface area contributed by atoms with Crippen LogP contribution in [0.15, 0.2) is 72.9 Å². The van der Waals surface area contributed by atoms with Crippen LogP contribution in [0.2, 0.25) is 0 Å². The molecule has 0 atom stereocenters. The maximum atomic E-state index is 13.2. The van der Waals surface area contributed by atoms with Crippen molar-refractivity contribution in [2.45, 2.75) is 64.3 Å². The summed E-state index contributed by atoms with van der Waals surface area (Å²) in [5.74, 6) is 0.602. The summed E-state index contributed by atoms with van der Waals surface area (Å²) in [4.78, 5) is 16.4. The minimum absolute atomic E-state index is 0.247. The van der Waals surface area contributed by atoms with Crippen molar-refractivity contribution in [3.05, 3.63) is 95.4 Å². The summed E-state index contributed by atoms with van der Waals surface area (Å²) in [5.41, 5.74) is 5.64. The number of pyridine rings is 1. The number of hydrogen-bond donors (Lipinski definition) is 2. The van der Waals surface area contributed by atoms with Crippen LogP contribution in [0.4, 0.5) is 30.5 Å². The van der Waals surface area contributed by atoms with Gasteiger partial charge in [0.25, 0.3) is 0 Å². The normalized spacial score (nSPS) is 20.8. The lowest BCUT2D eigenvalue weighted by molar-refractivity contribution is -0.938. The van der Waals surface area contributed by atoms with Crippen LogP contribution in [-0.2, 0) is 12.7 Å². The Morgan fingerprint density at radius 2 is 1.50 bits per heavy atom. The monoisotopic (exact) mass is 630 g/mol. The summed E-state index contributed by atoms with van der Waals surface area (Å²) < 4.78 is 40.7. The minimum Gasteiger partial charge on any atom is -0.355 e. The molecule has 2 aliphatic rings. The standard InChI is InChI=1S/C36H43F3N7/c1-25-22-31(23-26(2)42-25)43-30-10-4-27(5-11-30)24-45(32-15-20-46(3,21-16-32)33-12-17-40-18-13-33)35-41-19-14-34(44-35)28-6-8-29(9-7-28)36(37,38)39/h4-11,14,19,22-23,32-33,40H,12-13,15-18,20-21,24H2,1-3H3,(H,42,43)/q+1. The molecule has 2 N–H and O–H groups in total. The Morgan fingerprint density at radius 1 is 0.848 bits per heavy atom. The van der Waals surface area contributed by atoms with Crippen LogP contribution < -0.4 is 15.5 Å². The lowest BCUT2D eigenvalue weighted by Crippen LogP contribution is -2.61. The molecule has 2 aromatic carbocycles. The molecule has 0 saturated carbocycles. The van der Waals surface area contributed by atoms with Crippen molar-refractivity contribution in [3.8, 4) is 11.3 Å². The number of nitrogens with one attached hydrogen (secondary N) is 2. The number of aryl methyl sites for hydroxylation is 2. The largest absolute Gasteiger partial charge is 0.416 e. The first kappa shape index (κ1) is 31.9. The number of quaternary nitrogens is 1. The molecular weight excluding hydrogens is 587 g/mol. The molecule has 2 aliphatic heterocycles. The number of piperidine rings is 2.